The number of methoxy groups -OCH3 is 1. The highest BCUT2D eigenvalue weighted by atomic mass is 35.5. The van der Waals surface area contributed by atoms with Gasteiger partial charge in [0, 0.05) is 23.8 Å². The fourth-order valence-corrected chi connectivity index (χ4v) is 5.33. The summed E-state index contributed by atoms with van der Waals surface area (Å²) in [5.74, 6) is 0.483. The predicted octanol–water partition coefficient (Wildman–Crippen LogP) is 5.05. The van der Waals surface area contributed by atoms with E-state index in [9.17, 15) is 13.2 Å². The summed E-state index contributed by atoms with van der Waals surface area (Å²) in [5.41, 5.74) is 3.92. The van der Waals surface area contributed by atoms with Crippen molar-refractivity contribution in [2.24, 2.45) is 0 Å². The van der Waals surface area contributed by atoms with Gasteiger partial charge in [0.2, 0.25) is 10.0 Å². The molecule has 2 N–H and O–H groups in total. The van der Waals surface area contributed by atoms with Gasteiger partial charge in [-0.25, -0.2) is 13.2 Å². The van der Waals surface area contributed by atoms with E-state index in [0.29, 0.717) is 35.1 Å². The molecular formula is C24H24ClN3O4S. The fraction of sp³-hybridized carbons (Fsp3) is 0.208. The second-order valence-electron chi connectivity index (χ2n) is 7.81. The zero-order chi connectivity index (χ0) is 23.6. The maximum atomic E-state index is 13.1. The molecule has 0 radical (unpaired) electrons. The van der Waals surface area contributed by atoms with E-state index < -0.39 is 16.1 Å². The largest absolute Gasteiger partial charge is 0.495 e. The molecule has 0 saturated heterocycles. The van der Waals surface area contributed by atoms with Gasteiger partial charge in [0.15, 0.2) is 0 Å². The first kappa shape index (κ1) is 23.1. The maximum absolute atomic E-state index is 13.1. The number of amides is 2. The molecule has 0 fully saturated rings. The number of anilines is 2. The zero-order valence-corrected chi connectivity index (χ0v) is 19.8. The molecule has 0 saturated carbocycles. The van der Waals surface area contributed by atoms with Gasteiger partial charge in [-0.1, -0.05) is 35.4 Å². The molecule has 0 bridgehead atoms. The number of halogens is 1. The van der Waals surface area contributed by atoms with Crippen molar-refractivity contribution >= 4 is 39.0 Å². The second kappa shape index (κ2) is 9.43. The summed E-state index contributed by atoms with van der Waals surface area (Å²) >= 11 is 6.02. The Kier molecular flexibility index (Phi) is 6.60. The zero-order valence-electron chi connectivity index (χ0n) is 18.3. The number of benzene rings is 3. The highest BCUT2D eigenvalue weighted by Crippen LogP contribution is 2.29. The molecule has 7 nitrogen and oxygen atoms in total. The molecular weight excluding hydrogens is 462 g/mol. The maximum Gasteiger partial charge on any atom is 0.323 e. The minimum Gasteiger partial charge on any atom is -0.495 e. The third-order valence-electron chi connectivity index (χ3n) is 5.51. The van der Waals surface area contributed by atoms with Crippen LogP contribution in [0.15, 0.2) is 65.6 Å². The van der Waals surface area contributed by atoms with Gasteiger partial charge in [-0.05, 0) is 66.9 Å². The summed E-state index contributed by atoms with van der Waals surface area (Å²) in [4.78, 5) is 12.8. The number of sulfonamides is 1. The lowest BCUT2D eigenvalue weighted by Crippen LogP contribution is -2.36. The Hall–Kier alpha value is -3.07. The fourth-order valence-electron chi connectivity index (χ4n) is 3.74. The van der Waals surface area contributed by atoms with Crippen molar-refractivity contribution in [2.45, 2.75) is 24.8 Å². The number of urea groups is 1. The lowest BCUT2D eigenvalue weighted by molar-refractivity contribution is 0.262. The van der Waals surface area contributed by atoms with Gasteiger partial charge in [0.25, 0.3) is 0 Å². The van der Waals surface area contributed by atoms with Gasteiger partial charge in [0.05, 0.1) is 17.7 Å². The molecule has 33 heavy (non-hydrogen) atoms. The van der Waals surface area contributed by atoms with Gasteiger partial charge in [-0.2, -0.15) is 4.31 Å². The summed E-state index contributed by atoms with van der Waals surface area (Å²) in [6.07, 6.45) is 0.604. The normalized spacial score (nSPS) is 13.8. The Morgan fingerprint density at radius 1 is 1.00 bits per heavy atom. The molecule has 1 aliphatic heterocycles. The van der Waals surface area contributed by atoms with Gasteiger partial charge >= 0.3 is 6.03 Å². The van der Waals surface area contributed by atoms with Crippen molar-refractivity contribution in [3.05, 3.63) is 82.4 Å². The van der Waals surface area contributed by atoms with E-state index in [0.717, 1.165) is 16.7 Å². The first-order valence-corrected chi connectivity index (χ1v) is 12.2. The van der Waals surface area contributed by atoms with E-state index in [2.05, 4.69) is 10.6 Å². The number of carbonyl (C=O) groups is 1. The quantitative estimate of drug-likeness (QED) is 0.529. The Morgan fingerprint density at radius 2 is 1.76 bits per heavy atom. The summed E-state index contributed by atoms with van der Waals surface area (Å²) in [7, 11) is -2.10. The molecule has 1 heterocycles. The van der Waals surface area contributed by atoms with Crippen molar-refractivity contribution in [1.29, 1.82) is 0 Å². The SMILES string of the molecule is COc1ccc(Cl)cc1NC(=O)Nc1ccc2c(c1)CN(S(=O)(=O)c1ccc(C)cc1)CC2. The lowest BCUT2D eigenvalue weighted by atomic mass is 10.0. The molecule has 2 amide bonds. The highest BCUT2D eigenvalue weighted by Gasteiger charge is 2.28. The van der Waals surface area contributed by atoms with E-state index in [4.69, 9.17) is 16.3 Å². The Bertz CT molecular complexity index is 1290. The van der Waals surface area contributed by atoms with Crippen LogP contribution in [0.25, 0.3) is 0 Å². The minimum atomic E-state index is -3.60. The first-order valence-electron chi connectivity index (χ1n) is 10.4. The Morgan fingerprint density at radius 3 is 2.48 bits per heavy atom. The molecule has 0 unspecified atom stereocenters. The standard InChI is InChI=1S/C24H24ClN3O4S/c1-16-3-8-21(9-4-16)33(30,31)28-12-11-17-5-7-20(13-18(17)15-28)26-24(29)27-22-14-19(25)6-10-23(22)32-2/h3-10,13-14H,11-12,15H2,1-2H3,(H2,26,27,29). The predicted molar refractivity (Wildman–Crippen MR) is 130 cm³/mol. The van der Waals surface area contributed by atoms with Gasteiger partial charge in [-0.15, -0.1) is 0 Å². The van der Waals surface area contributed by atoms with Crippen LogP contribution in [0.5, 0.6) is 5.75 Å². The first-order chi connectivity index (χ1) is 15.8. The molecule has 3 aromatic carbocycles. The van der Waals surface area contributed by atoms with Gasteiger partial charge in [0.1, 0.15) is 5.75 Å². The van der Waals surface area contributed by atoms with E-state index in [1.165, 1.54) is 11.4 Å². The molecule has 172 valence electrons. The molecule has 9 heteroatoms. The summed E-state index contributed by atoms with van der Waals surface area (Å²) < 4.78 is 32.9. The smallest absolute Gasteiger partial charge is 0.323 e. The van der Waals surface area contributed by atoms with E-state index >= 15 is 0 Å². The monoisotopic (exact) mass is 485 g/mol. The third kappa shape index (κ3) is 5.13. The number of ether oxygens (including phenoxy) is 1. The molecule has 4 rings (SSSR count). The molecule has 0 spiro atoms. The average Bonchev–Trinajstić information content (AvgIpc) is 2.79. The van der Waals surface area contributed by atoms with Crippen LogP contribution >= 0.6 is 11.6 Å². The lowest BCUT2D eigenvalue weighted by Gasteiger charge is -2.28. The van der Waals surface area contributed by atoms with Crippen LogP contribution in [0.2, 0.25) is 5.02 Å². The second-order valence-corrected chi connectivity index (χ2v) is 10.2. The van der Waals surface area contributed by atoms with Crippen LogP contribution in [0.3, 0.4) is 0 Å². The topological polar surface area (TPSA) is 87.7 Å². The molecule has 0 aliphatic carbocycles. The molecule has 3 aromatic rings. The van der Waals surface area contributed by atoms with Crippen LogP contribution in [-0.2, 0) is 23.0 Å². The Labute approximate surface area is 198 Å². The van der Waals surface area contributed by atoms with E-state index in [1.807, 2.05) is 13.0 Å². The van der Waals surface area contributed by atoms with Crippen LogP contribution in [0, 0.1) is 6.92 Å². The number of hydrogen-bond donors (Lipinski definition) is 2. The number of fused-ring (bicyclic) bond motifs is 1. The third-order valence-corrected chi connectivity index (χ3v) is 7.60. The summed E-state index contributed by atoms with van der Waals surface area (Å²) in [6, 6.07) is 16.8. The Balaban J connectivity index is 1.49. The van der Waals surface area contributed by atoms with Crippen molar-refractivity contribution < 1.29 is 17.9 Å². The number of rotatable bonds is 5. The van der Waals surface area contributed by atoms with E-state index in [1.54, 1.807) is 54.6 Å². The average molecular weight is 486 g/mol. The number of hydrogen-bond acceptors (Lipinski definition) is 4. The molecule has 1 aliphatic rings. The highest BCUT2D eigenvalue weighted by molar-refractivity contribution is 7.89. The molecule has 0 aromatic heterocycles. The van der Waals surface area contributed by atoms with Crippen LogP contribution in [-0.4, -0.2) is 32.4 Å². The van der Waals surface area contributed by atoms with Crippen molar-refractivity contribution in [1.82, 2.24) is 4.31 Å². The summed E-state index contributed by atoms with van der Waals surface area (Å²) in [5, 5.41) is 5.98. The number of aryl methyl sites for hydroxylation is 1. The molecule has 0 atom stereocenters. The van der Waals surface area contributed by atoms with Crippen molar-refractivity contribution in [3.8, 4) is 5.75 Å². The number of carbonyl (C=O) groups excluding carboxylic acids is 1. The van der Waals surface area contributed by atoms with Gasteiger partial charge in [-0.3, -0.25) is 0 Å². The minimum absolute atomic E-state index is 0.241. The number of nitrogens with zero attached hydrogens (tertiary/aromatic N) is 1. The number of nitrogens with one attached hydrogen (secondary N) is 2. The van der Waals surface area contributed by atoms with Crippen molar-refractivity contribution in [3.63, 3.8) is 0 Å². The summed E-state index contributed by atoms with van der Waals surface area (Å²) in [6.45, 7) is 2.57. The van der Waals surface area contributed by atoms with E-state index in [-0.39, 0.29) is 11.4 Å². The van der Waals surface area contributed by atoms with Crippen LogP contribution in [0.1, 0.15) is 16.7 Å². The van der Waals surface area contributed by atoms with Crippen molar-refractivity contribution in [2.75, 3.05) is 24.3 Å². The van der Waals surface area contributed by atoms with Crippen LogP contribution in [0.4, 0.5) is 16.2 Å². The van der Waals surface area contributed by atoms with Gasteiger partial charge < -0.3 is 15.4 Å². The van der Waals surface area contributed by atoms with Crippen LogP contribution < -0.4 is 15.4 Å².